The highest BCUT2D eigenvalue weighted by atomic mass is 35.5. The van der Waals surface area contributed by atoms with E-state index >= 15 is 0 Å². The third kappa shape index (κ3) is 3.31. The van der Waals surface area contributed by atoms with Crippen molar-refractivity contribution < 1.29 is 0 Å². The van der Waals surface area contributed by atoms with Gasteiger partial charge in [-0.05, 0) is 37.6 Å². The number of halogens is 2. The van der Waals surface area contributed by atoms with E-state index in [1.165, 1.54) is 11.8 Å². The van der Waals surface area contributed by atoms with Crippen molar-refractivity contribution in [3.05, 3.63) is 39.8 Å². The molecule has 6 heteroatoms. The van der Waals surface area contributed by atoms with Gasteiger partial charge in [-0.3, -0.25) is 0 Å². The first-order valence-corrected chi connectivity index (χ1v) is 6.44. The van der Waals surface area contributed by atoms with Gasteiger partial charge in [-0.15, -0.1) is 10.2 Å². The Morgan fingerprint density at radius 3 is 2.53 bits per heavy atom. The molecule has 2 aromatic rings. The lowest BCUT2D eigenvalue weighted by molar-refractivity contribution is 0.992. The average Bonchev–Trinajstić information content (AvgIpc) is 2.22. The lowest BCUT2D eigenvalue weighted by Gasteiger charge is -2.04. The van der Waals surface area contributed by atoms with Crippen LogP contribution in [0.2, 0.25) is 10.3 Å². The molecule has 0 unspecified atom stereocenters. The molecule has 0 N–H and O–H groups in total. The summed E-state index contributed by atoms with van der Waals surface area (Å²) >= 11 is 13.2. The zero-order valence-electron chi connectivity index (χ0n) is 9.24. The van der Waals surface area contributed by atoms with Crippen molar-refractivity contribution in [2.45, 2.75) is 23.8 Å². The fraction of sp³-hybridized carbons (Fsp3) is 0.182. The van der Waals surface area contributed by atoms with E-state index in [2.05, 4.69) is 15.2 Å². The predicted octanol–water partition coefficient (Wildman–Crippen LogP) is 3.95. The van der Waals surface area contributed by atoms with Crippen LogP contribution < -0.4 is 0 Å². The minimum Gasteiger partial charge on any atom is -0.246 e. The Bertz CT molecular complexity index is 540. The first-order chi connectivity index (χ1) is 8.04. The van der Waals surface area contributed by atoms with Crippen LogP contribution in [0.3, 0.4) is 0 Å². The van der Waals surface area contributed by atoms with Gasteiger partial charge in [0.25, 0.3) is 0 Å². The van der Waals surface area contributed by atoms with Crippen LogP contribution in [0.15, 0.2) is 28.1 Å². The van der Waals surface area contributed by atoms with Crippen molar-refractivity contribution in [3.63, 3.8) is 0 Å². The second-order valence-corrected chi connectivity index (χ2v) is 5.36. The molecule has 2 heterocycles. The minimum atomic E-state index is 0.321. The Balaban J connectivity index is 2.34. The third-order valence-electron chi connectivity index (χ3n) is 1.98. The van der Waals surface area contributed by atoms with E-state index in [0.717, 1.165) is 21.2 Å². The normalized spacial score (nSPS) is 10.6. The van der Waals surface area contributed by atoms with Crippen molar-refractivity contribution in [2.24, 2.45) is 0 Å². The Morgan fingerprint density at radius 2 is 1.82 bits per heavy atom. The second kappa shape index (κ2) is 5.21. The van der Waals surface area contributed by atoms with E-state index in [1.807, 2.05) is 26.0 Å². The Morgan fingerprint density at radius 1 is 1.06 bits per heavy atom. The van der Waals surface area contributed by atoms with E-state index in [4.69, 9.17) is 23.2 Å². The Hall–Kier alpha value is -0.840. The first kappa shape index (κ1) is 12.6. The highest BCUT2D eigenvalue weighted by molar-refractivity contribution is 7.99. The molecule has 0 atom stereocenters. The minimum absolute atomic E-state index is 0.321. The summed E-state index contributed by atoms with van der Waals surface area (Å²) in [6, 6.07) is 5.69. The van der Waals surface area contributed by atoms with Crippen LogP contribution in [-0.4, -0.2) is 15.2 Å². The monoisotopic (exact) mass is 285 g/mol. The fourth-order valence-electron chi connectivity index (χ4n) is 1.38. The quantitative estimate of drug-likeness (QED) is 0.838. The number of aryl methyl sites for hydroxylation is 2. The summed E-state index contributed by atoms with van der Waals surface area (Å²) in [5, 5.41) is 8.94. The summed E-state index contributed by atoms with van der Waals surface area (Å²) in [6.07, 6.45) is 0. The maximum atomic E-state index is 5.94. The van der Waals surface area contributed by atoms with E-state index < -0.39 is 0 Å². The maximum absolute atomic E-state index is 5.94. The van der Waals surface area contributed by atoms with Gasteiger partial charge in [0, 0.05) is 5.69 Å². The molecule has 0 aliphatic heterocycles. The molecule has 0 saturated carbocycles. The van der Waals surface area contributed by atoms with Crippen molar-refractivity contribution in [2.75, 3.05) is 0 Å². The van der Waals surface area contributed by atoms with E-state index in [9.17, 15) is 0 Å². The van der Waals surface area contributed by atoms with Crippen LogP contribution in [0, 0.1) is 13.8 Å². The standard InChI is InChI=1S/C11H9Cl2N3S/c1-6-3-7(2)14-10(4-6)17-8-5-9(12)15-16-11(8)13/h3-5H,1-2H3. The van der Waals surface area contributed by atoms with Crippen molar-refractivity contribution >= 4 is 35.0 Å². The highest BCUT2D eigenvalue weighted by Gasteiger charge is 2.08. The van der Waals surface area contributed by atoms with Gasteiger partial charge < -0.3 is 0 Å². The lowest BCUT2D eigenvalue weighted by atomic mass is 10.3. The molecule has 0 radical (unpaired) electrons. The molecular weight excluding hydrogens is 277 g/mol. The highest BCUT2D eigenvalue weighted by Crippen LogP contribution is 2.32. The molecule has 0 saturated heterocycles. The first-order valence-electron chi connectivity index (χ1n) is 4.86. The Labute approximate surface area is 114 Å². The molecule has 2 aromatic heterocycles. The number of pyridine rings is 1. The molecule has 2 rings (SSSR count). The number of rotatable bonds is 2. The summed E-state index contributed by atoms with van der Waals surface area (Å²) in [5.41, 5.74) is 2.13. The van der Waals surface area contributed by atoms with Gasteiger partial charge in [-0.2, -0.15) is 0 Å². The molecule has 88 valence electrons. The lowest BCUT2D eigenvalue weighted by Crippen LogP contribution is -1.89. The topological polar surface area (TPSA) is 38.7 Å². The number of hydrogen-bond donors (Lipinski definition) is 0. The zero-order chi connectivity index (χ0) is 12.4. The molecule has 0 spiro atoms. The van der Waals surface area contributed by atoms with Crippen LogP contribution in [0.1, 0.15) is 11.3 Å². The number of aromatic nitrogens is 3. The fourth-order valence-corrected chi connectivity index (χ4v) is 2.75. The van der Waals surface area contributed by atoms with Crippen LogP contribution >= 0.6 is 35.0 Å². The third-order valence-corrected chi connectivity index (χ3v) is 3.50. The molecule has 0 aliphatic rings. The summed E-state index contributed by atoms with van der Waals surface area (Å²) < 4.78 is 0. The molecule has 0 aliphatic carbocycles. The van der Waals surface area contributed by atoms with Gasteiger partial charge in [-0.1, -0.05) is 35.0 Å². The van der Waals surface area contributed by atoms with Crippen LogP contribution in [0.4, 0.5) is 0 Å². The van der Waals surface area contributed by atoms with E-state index in [-0.39, 0.29) is 0 Å². The van der Waals surface area contributed by atoms with Crippen molar-refractivity contribution in [1.29, 1.82) is 0 Å². The summed E-state index contributed by atoms with van der Waals surface area (Å²) in [5.74, 6) is 0. The van der Waals surface area contributed by atoms with Gasteiger partial charge in [0.15, 0.2) is 10.3 Å². The SMILES string of the molecule is Cc1cc(C)nc(Sc2cc(Cl)nnc2Cl)c1. The molecule has 0 bridgehead atoms. The summed E-state index contributed by atoms with van der Waals surface area (Å²) in [4.78, 5) is 5.17. The zero-order valence-corrected chi connectivity index (χ0v) is 11.6. The van der Waals surface area contributed by atoms with E-state index in [1.54, 1.807) is 6.07 Å². The van der Waals surface area contributed by atoms with Gasteiger partial charge in [0.05, 0.1) is 4.90 Å². The van der Waals surface area contributed by atoms with Crippen LogP contribution in [-0.2, 0) is 0 Å². The molecular formula is C11H9Cl2N3S. The molecule has 0 fully saturated rings. The average molecular weight is 286 g/mol. The van der Waals surface area contributed by atoms with Gasteiger partial charge in [0.2, 0.25) is 0 Å². The van der Waals surface area contributed by atoms with Crippen molar-refractivity contribution in [1.82, 2.24) is 15.2 Å². The summed E-state index contributed by atoms with van der Waals surface area (Å²) in [7, 11) is 0. The smallest absolute Gasteiger partial charge is 0.165 e. The molecule has 0 aromatic carbocycles. The maximum Gasteiger partial charge on any atom is 0.165 e. The van der Waals surface area contributed by atoms with Crippen LogP contribution in [0.5, 0.6) is 0 Å². The van der Waals surface area contributed by atoms with Gasteiger partial charge >= 0.3 is 0 Å². The van der Waals surface area contributed by atoms with E-state index in [0.29, 0.717) is 10.3 Å². The summed E-state index contributed by atoms with van der Waals surface area (Å²) in [6.45, 7) is 3.98. The molecule has 17 heavy (non-hydrogen) atoms. The number of hydrogen-bond acceptors (Lipinski definition) is 4. The number of nitrogens with zero attached hydrogens (tertiary/aromatic N) is 3. The molecule has 3 nitrogen and oxygen atoms in total. The Kier molecular flexibility index (Phi) is 3.86. The largest absolute Gasteiger partial charge is 0.246 e. The van der Waals surface area contributed by atoms with Crippen LogP contribution in [0.25, 0.3) is 0 Å². The van der Waals surface area contributed by atoms with Gasteiger partial charge in [-0.25, -0.2) is 4.98 Å². The molecule has 0 amide bonds. The second-order valence-electron chi connectivity index (χ2n) is 3.55. The predicted molar refractivity (Wildman–Crippen MR) is 69.9 cm³/mol. The van der Waals surface area contributed by atoms with Gasteiger partial charge in [0.1, 0.15) is 5.03 Å². The van der Waals surface area contributed by atoms with Crippen molar-refractivity contribution in [3.8, 4) is 0 Å².